The number of hydrogen-bond acceptors (Lipinski definition) is 2. The van der Waals surface area contributed by atoms with Crippen molar-refractivity contribution in [3.8, 4) is 6.07 Å². The van der Waals surface area contributed by atoms with Gasteiger partial charge in [0, 0.05) is 15.2 Å². The fourth-order valence-corrected chi connectivity index (χ4v) is 2.52. The number of nitrogens with one attached hydrogen (secondary N) is 1. The molecule has 0 heterocycles. The largest absolute Gasteiger partial charge is 0.332 e. The Morgan fingerprint density at radius 1 is 1.14 bits per heavy atom. The Kier molecular flexibility index (Phi) is 5.03. The van der Waals surface area contributed by atoms with Gasteiger partial charge in [0.1, 0.15) is 23.5 Å². The first kappa shape index (κ1) is 16.3. The summed E-state index contributed by atoms with van der Waals surface area (Å²) in [5.41, 5.74) is 0.0131. The van der Waals surface area contributed by atoms with Gasteiger partial charge in [-0.1, -0.05) is 6.07 Å². The molecule has 2 rings (SSSR count). The third-order valence-electron chi connectivity index (χ3n) is 2.85. The van der Waals surface area contributed by atoms with Gasteiger partial charge in [-0.2, -0.15) is 5.26 Å². The van der Waals surface area contributed by atoms with E-state index in [1.807, 2.05) is 0 Å². The van der Waals surface area contributed by atoms with Crippen molar-refractivity contribution >= 4 is 28.5 Å². The first-order valence-electron chi connectivity index (χ1n) is 6.03. The molecular formula is C15H8F3IN2O. The standard InChI is InChI=1S/C15H8F3IN2O/c16-8-1-3-10(12(18)5-8)14(7-20)21-15(22)11-4-2-9(17)6-13(11)19/h1-6,14H,(H,21,22). The predicted octanol–water partition coefficient (Wildman–Crippen LogP) is 3.70. The van der Waals surface area contributed by atoms with Gasteiger partial charge in [-0.05, 0) is 46.9 Å². The topological polar surface area (TPSA) is 52.9 Å². The Balaban J connectivity index is 2.27. The van der Waals surface area contributed by atoms with Gasteiger partial charge in [0.15, 0.2) is 0 Å². The number of nitriles is 1. The normalized spacial score (nSPS) is 11.6. The summed E-state index contributed by atoms with van der Waals surface area (Å²) >= 11 is 1.78. The average Bonchev–Trinajstić information content (AvgIpc) is 2.45. The van der Waals surface area contributed by atoms with E-state index in [0.29, 0.717) is 9.64 Å². The van der Waals surface area contributed by atoms with Crippen molar-refractivity contribution in [2.75, 3.05) is 0 Å². The molecule has 2 aromatic carbocycles. The molecular weight excluding hydrogens is 408 g/mol. The molecule has 0 fully saturated rings. The van der Waals surface area contributed by atoms with Crippen LogP contribution < -0.4 is 5.32 Å². The first-order chi connectivity index (χ1) is 10.4. The molecule has 2 aromatic rings. The zero-order valence-corrected chi connectivity index (χ0v) is 13.1. The summed E-state index contributed by atoms with van der Waals surface area (Å²) in [5, 5.41) is 11.4. The van der Waals surface area contributed by atoms with Gasteiger partial charge < -0.3 is 5.32 Å². The van der Waals surface area contributed by atoms with Crippen LogP contribution >= 0.6 is 22.6 Å². The highest BCUT2D eigenvalue weighted by atomic mass is 127. The lowest BCUT2D eigenvalue weighted by Gasteiger charge is -2.13. The molecule has 22 heavy (non-hydrogen) atoms. The summed E-state index contributed by atoms with van der Waals surface area (Å²) in [4.78, 5) is 12.1. The number of hydrogen-bond donors (Lipinski definition) is 1. The second kappa shape index (κ2) is 6.79. The predicted molar refractivity (Wildman–Crippen MR) is 81.3 cm³/mol. The zero-order chi connectivity index (χ0) is 16.3. The molecule has 1 amide bonds. The molecule has 0 aromatic heterocycles. The first-order valence-corrected chi connectivity index (χ1v) is 7.10. The number of amides is 1. The van der Waals surface area contributed by atoms with Gasteiger partial charge in [0.2, 0.25) is 0 Å². The molecule has 7 heteroatoms. The molecule has 112 valence electrons. The quantitative estimate of drug-likeness (QED) is 0.777. The lowest BCUT2D eigenvalue weighted by Crippen LogP contribution is -2.29. The third-order valence-corrected chi connectivity index (χ3v) is 3.75. The van der Waals surface area contributed by atoms with Gasteiger partial charge >= 0.3 is 0 Å². The van der Waals surface area contributed by atoms with Crippen molar-refractivity contribution < 1.29 is 18.0 Å². The Morgan fingerprint density at radius 2 is 1.77 bits per heavy atom. The molecule has 0 aliphatic rings. The maximum Gasteiger partial charge on any atom is 0.253 e. The van der Waals surface area contributed by atoms with Crippen molar-refractivity contribution in [1.29, 1.82) is 5.26 Å². The van der Waals surface area contributed by atoms with E-state index in [0.717, 1.165) is 24.3 Å². The monoisotopic (exact) mass is 416 g/mol. The lowest BCUT2D eigenvalue weighted by molar-refractivity contribution is 0.0944. The van der Waals surface area contributed by atoms with E-state index in [4.69, 9.17) is 5.26 Å². The summed E-state index contributed by atoms with van der Waals surface area (Å²) in [6.45, 7) is 0. The number of carbonyl (C=O) groups excluding carboxylic acids is 1. The average molecular weight is 416 g/mol. The maximum atomic E-state index is 13.7. The van der Waals surface area contributed by atoms with Crippen LogP contribution in [0.4, 0.5) is 13.2 Å². The number of rotatable bonds is 3. The van der Waals surface area contributed by atoms with E-state index < -0.39 is 29.4 Å². The molecule has 0 bridgehead atoms. The van der Waals surface area contributed by atoms with Crippen molar-refractivity contribution in [2.24, 2.45) is 0 Å². The fraction of sp³-hybridized carbons (Fsp3) is 0.0667. The Bertz CT molecular complexity index is 774. The molecule has 0 aliphatic heterocycles. The van der Waals surface area contributed by atoms with Crippen molar-refractivity contribution in [1.82, 2.24) is 5.32 Å². The highest BCUT2D eigenvalue weighted by molar-refractivity contribution is 14.1. The van der Waals surface area contributed by atoms with Crippen LogP contribution in [0.1, 0.15) is 22.0 Å². The van der Waals surface area contributed by atoms with E-state index in [1.165, 1.54) is 6.07 Å². The SMILES string of the molecule is N#CC(NC(=O)c1ccc(F)cc1I)c1ccc(F)cc1F. The number of nitrogens with zero attached hydrogens (tertiary/aromatic N) is 1. The molecule has 0 saturated heterocycles. The van der Waals surface area contributed by atoms with Crippen LogP contribution in [-0.2, 0) is 0 Å². The van der Waals surface area contributed by atoms with Crippen molar-refractivity contribution in [3.63, 3.8) is 0 Å². The maximum absolute atomic E-state index is 13.7. The molecule has 0 radical (unpaired) electrons. The Labute approximate surface area is 137 Å². The molecule has 0 spiro atoms. The van der Waals surface area contributed by atoms with Crippen LogP contribution in [0.5, 0.6) is 0 Å². The molecule has 3 nitrogen and oxygen atoms in total. The number of carbonyl (C=O) groups is 1. The summed E-state index contributed by atoms with van der Waals surface area (Å²) in [5.74, 6) is -2.86. The van der Waals surface area contributed by atoms with Crippen LogP contribution in [-0.4, -0.2) is 5.91 Å². The summed E-state index contributed by atoms with van der Waals surface area (Å²) in [7, 11) is 0. The van der Waals surface area contributed by atoms with E-state index in [1.54, 1.807) is 28.7 Å². The van der Waals surface area contributed by atoms with Crippen molar-refractivity contribution in [2.45, 2.75) is 6.04 Å². The molecule has 1 N–H and O–H groups in total. The summed E-state index contributed by atoms with van der Waals surface area (Å²) < 4.78 is 39.9. The van der Waals surface area contributed by atoms with Gasteiger partial charge in [-0.3, -0.25) is 4.79 Å². The lowest BCUT2D eigenvalue weighted by atomic mass is 10.1. The number of halogens is 4. The van der Waals surface area contributed by atoms with Crippen LogP contribution in [0.15, 0.2) is 36.4 Å². The second-order valence-electron chi connectivity index (χ2n) is 4.33. The Hall–Kier alpha value is -2.08. The summed E-state index contributed by atoms with van der Waals surface area (Å²) in [6.07, 6.45) is 0. The van der Waals surface area contributed by atoms with Gasteiger partial charge in [-0.15, -0.1) is 0 Å². The second-order valence-corrected chi connectivity index (χ2v) is 5.49. The van der Waals surface area contributed by atoms with Crippen LogP contribution in [0.2, 0.25) is 0 Å². The van der Waals surface area contributed by atoms with Crippen molar-refractivity contribution in [3.05, 3.63) is 68.5 Å². The minimum atomic E-state index is -1.28. The Morgan fingerprint density at radius 3 is 2.36 bits per heavy atom. The van der Waals surface area contributed by atoms with E-state index in [-0.39, 0.29) is 11.1 Å². The highest BCUT2D eigenvalue weighted by Crippen LogP contribution is 2.20. The minimum Gasteiger partial charge on any atom is -0.332 e. The molecule has 0 saturated carbocycles. The van der Waals surface area contributed by atoms with E-state index in [9.17, 15) is 18.0 Å². The van der Waals surface area contributed by atoms with Crippen LogP contribution in [0, 0.1) is 32.4 Å². The third kappa shape index (κ3) is 3.57. The fourth-order valence-electron chi connectivity index (χ4n) is 1.80. The number of benzene rings is 2. The molecule has 1 unspecified atom stereocenters. The van der Waals surface area contributed by atoms with Gasteiger partial charge in [-0.25, -0.2) is 13.2 Å². The zero-order valence-electron chi connectivity index (χ0n) is 10.9. The van der Waals surface area contributed by atoms with Crippen LogP contribution in [0.25, 0.3) is 0 Å². The van der Waals surface area contributed by atoms with E-state index >= 15 is 0 Å². The molecule has 0 aliphatic carbocycles. The molecule has 1 atom stereocenters. The smallest absolute Gasteiger partial charge is 0.253 e. The van der Waals surface area contributed by atoms with Gasteiger partial charge in [0.25, 0.3) is 5.91 Å². The minimum absolute atomic E-state index is 0.144. The van der Waals surface area contributed by atoms with Crippen LogP contribution in [0.3, 0.4) is 0 Å². The highest BCUT2D eigenvalue weighted by Gasteiger charge is 2.20. The summed E-state index contributed by atoms with van der Waals surface area (Å²) in [6, 6.07) is 6.71. The van der Waals surface area contributed by atoms with E-state index in [2.05, 4.69) is 5.32 Å². The van der Waals surface area contributed by atoms with Gasteiger partial charge in [0.05, 0.1) is 11.6 Å².